The first-order chi connectivity index (χ1) is 6.24. The van der Waals surface area contributed by atoms with Crippen LogP contribution in [0.4, 0.5) is 0 Å². The Balaban J connectivity index is 1.70. The van der Waals surface area contributed by atoms with Crippen molar-refractivity contribution in [2.24, 2.45) is 0 Å². The van der Waals surface area contributed by atoms with E-state index in [1.165, 1.54) is 0 Å². The summed E-state index contributed by atoms with van der Waals surface area (Å²) in [5.74, 6) is 0. The lowest BCUT2D eigenvalue weighted by molar-refractivity contribution is 0.151. The van der Waals surface area contributed by atoms with E-state index in [0.717, 1.165) is 33.0 Å². The van der Waals surface area contributed by atoms with E-state index in [2.05, 4.69) is 23.9 Å². The molecule has 2 heterocycles. The molecule has 2 rings (SSSR count). The molecule has 0 aromatic heterocycles. The molecule has 0 aromatic rings. The molecule has 0 N–H and O–H groups in total. The molecule has 0 spiro atoms. The van der Waals surface area contributed by atoms with Gasteiger partial charge in [0.1, 0.15) is 0 Å². The van der Waals surface area contributed by atoms with Gasteiger partial charge in [-0.25, -0.2) is 0 Å². The highest BCUT2D eigenvalue weighted by Crippen LogP contribution is 2.15. The van der Waals surface area contributed by atoms with Gasteiger partial charge in [-0.1, -0.05) is 0 Å². The first-order valence-electron chi connectivity index (χ1n) is 4.84. The first-order valence-corrected chi connectivity index (χ1v) is 4.84. The van der Waals surface area contributed by atoms with Gasteiger partial charge in [-0.15, -0.1) is 0 Å². The Kier molecular flexibility index (Phi) is 2.83. The second kappa shape index (κ2) is 3.92. The van der Waals surface area contributed by atoms with Gasteiger partial charge in [0.05, 0.1) is 32.1 Å². The van der Waals surface area contributed by atoms with Crippen molar-refractivity contribution in [3.05, 3.63) is 0 Å². The molecule has 4 heteroatoms. The average molecular weight is 186 g/mol. The Morgan fingerprint density at radius 2 is 1.54 bits per heavy atom. The van der Waals surface area contributed by atoms with Crippen LogP contribution in [0, 0.1) is 0 Å². The van der Waals surface area contributed by atoms with Gasteiger partial charge >= 0.3 is 0 Å². The standard InChI is InChI=1S/C9H18N2O2/c1-10(2)7-11(3-8-5-12-8)4-9-6-13-9/h8-9H,3-7H2,1-2H3/t8-,9?/m1/s1. The van der Waals surface area contributed by atoms with Gasteiger partial charge < -0.3 is 9.47 Å². The van der Waals surface area contributed by atoms with E-state index < -0.39 is 0 Å². The van der Waals surface area contributed by atoms with Crippen LogP contribution in [0.15, 0.2) is 0 Å². The highest BCUT2D eigenvalue weighted by Gasteiger charge is 2.30. The summed E-state index contributed by atoms with van der Waals surface area (Å²) in [5, 5.41) is 0. The van der Waals surface area contributed by atoms with E-state index in [0.29, 0.717) is 12.2 Å². The average Bonchev–Trinajstić information content (AvgIpc) is 2.79. The van der Waals surface area contributed by atoms with E-state index >= 15 is 0 Å². The lowest BCUT2D eigenvalue weighted by atomic mass is 10.3. The molecule has 0 saturated carbocycles. The van der Waals surface area contributed by atoms with Crippen LogP contribution in [0.5, 0.6) is 0 Å². The van der Waals surface area contributed by atoms with E-state index in [9.17, 15) is 0 Å². The molecule has 2 atom stereocenters. The summed E-state index contributed by atoms with van der Waals surface area (Å²) in [5.41, 5.74) is 0. The normalized spacial score (nSPS) is 31.4. The van der Waals surface area contributed by atoms with Crippen molar-refractivity contribution in [1.29, 1.82) is 0 Å². The second-order valence-electron chi connectivity index (χ2n) is 4.17. The molecule has 2 aliphatic rings. The fourth-order valence-corrected chi connectivity index (χ4v) is 1.51. The third-order valence-corrected chi connectivity index (χ3v) is 2.21. The van der Waals surface area contributed by atoms with Crippen molar-refractivity contribution in [2.75, 3.05) is 47.1 Å². The number of hydrogen-bond acceptors (Lipinski definition) is 4. The Morgan fingerprint density at radius 3 is 1.85 bits per heavy atom. The van der Waals surface area contributed by atoms with E-state index in [1.807, 2.05) is 0 Å². The van der Waals surface area contributed by atoms with Crippen molar-refractivity contribution in [1.82, 2.24) is 9.80 Å². The quantitative estimate of drug-likeness (QED) is 0.417. The Bertz CT molecular complexity index is 147. The molecule has 0 radical (unpaired) electrons. The number of epoxide rings is 2. The summed E-state index contributed by atoms with van der Waals surface area (Å²) >= 11 is 0. The molecular weight excluding hydrogens is 168 g/mol. The molecule has 13 heavy (non-hydrogen) atoms. The number of hydrogen-bond donors (Lipinski definition) is 0. The zero-order chi connectivity index (χ0) is 9.26. The zero-order valence-electron chi connectivity index (χ0n) is 8.40. The van der Waals surface area contributed by atoms with E-state index in [4.69, 9.17) is 9.47 Å². The molecule has 0 bridgehead atoms. The lowest BCUT2D eigenvalue weighted by Crippen LogP contribution is -2.38. The van der Waals surface area contributed by atoms with Crippen molar-refractivity contribution in [2.45, 2.75) is 12.2 Å². The summed E-state index contributed by atoms with van der Waals surface area (Å²) in [6, 6.07) is 0. The third-order valence-electron chi connectivity index (χ3n) is 2.21. The molecule has 0 aromatic carbocycles. The molecule has 1 unspecified atom stereocenters. The minimum atomic E-state index is 0.485. The van der Waals surface area contributed by atoms with Gasteiger partial charge in [-0.2, -0.15) is 0 Å². The largest absolute Gasteiger partial charge is 0.372 e. The van der Waals surface area contributed by atoms with Crippen molar-refractivity contribution >= 4 is 0 Å². The van der Waals surface area contributed by atoms with Crippen LogP contribution in [0.1, 0.15) is 0 Å². The van der Waals surface area contributed by atoms with Gasteiger partial charge in [0.2, 0.25) is 0 Å². The van der Waals surface area contributed by atoms with Crippen molar-refractivity contribution in [3.63, 3.8) is 0 Å². The summed E-state index contributed by atoms with van der Waals surface area (Å²) in [6.07, 6.45) is 0.970. The Labute approximate surface area is 79.4 Å². The second-order valence-corrected chi connectivity index (χ2v) is 4.17. The van der Waals surface area contributed by atoms with Crippen LogP contribution in [0.2, 0.25) is 0 Å². The fraction of sp³-hybridized carbons (Fsp3) is 1.00. The predicted octanol–water partition coefficient (Wildman–Crippen LogP) is -0.395. The van der Waals surface area contributed by atoms with Gasteiger partial charge in [0, 0.05) is 13.1 Å². The molecule has 76 valence electrons. The Morgan fingerprint density at radius 1 is 1.08 bits per heavy atom. The smallest absolute Gasteiger partial charge is 0.0936 e. The van der Waals surface area contributed by atoms with Crippen LogP contribution in [-0.2, 0) is 9.47 Å². The summed E-state index contributed by atoms with van der Waals surface area (Å²) in [6.45, 7) is 4.99. The molecule has 0 amide bonds. The van der Waals surface area contributed by atoms with Gasteiger partial charge in [-0.05, 0) is 14.1 Å². The van der Waals surface area contributed by atoms with Crippen molar-refractivity contribution < 1.29 is 9.47 Å². The van der Waals surface area contributed by atoms with Gasteiger partial charge in [0.15, 0.2) is 0 Å². The lowest BCUT2D eigenvalue weighted by Gasteiger charge is -2.24. The monoisotopic (exact) mass is 186 g/mol. The fourth-order valence-electron chi connectivity index (χ4n) is 1.51. The minimum absolute atomic E-state index is 0.485. The SMILES string of the molecule is CN(C)CN(CC1CO1)C[C@@H]1CO1. The van der Waals surface area contributed by atoms with Crippen LogP contribution in [-0.4, -0.2) is 69.1 Å². The maximum absolute atomic E-state index is 5.22. The zero-order valence-corrected chi connectivity index (χ0v) is 8.40. The summed E-state index contributed by atoms with van der Waals surface area (Å²) < 4.78 is 10.4. The molecule has 2 fully saturated rings. The summed E-state index contributed by atoms with van der Waals surface area (Å²) in [7, 11) is 4.18. The number of nitrogens with zero attached hydrogens (tertiary/aromatic N) is 2. The first kappa shape index (κ1) is 9.40. The van der Waals surface area contributed by atoms with Crippen molar-refractivity contribution in [3.8, 4) is 0 Å². The van der Waals surface area contributed by atoms with E-state index in [-0.39, 0.29) is 0 Å². The molecular formula is C9H18N2O2. The van der Waals surface area contributed by atoms with Crippen LogP contribution in [0.25, 0.3) is 0 Å². The number of rotatable bonds is 6. The maximum Gasteiger partial charge on any atom is 0.0936 e. The third kappa shape index (κ3) is 3.60. The molecule has 0 aliphatic carbocycles. The maximum atomic E-state index is 5.22. The van der Waals surface area contributed by atoms with Gasteiger partial charge in [-0.3, -0.25) is 9.80 Å². The van der Waals surface area contributed by atoms with Crippen LogP contribution >= 0.6 is 0 Å². The number of ether oxygens (including phenoxy) is 2. The Hall–Kier alpha value is -0.160. The molecule has 2 aliphatic heterocycles. The van der Waals surface area contributed by atoms with Crippen LogP contribution in [0.3, 0.4) is 0 Å². The topological polar surface area (TPSA) is 31.5 Å². The minimum Gasteiger partial charge on any atom is -0.372 e. The predicted molar refractivity (Wildman–Crippen MR) is 49.6 cm³/mol. The highest BCUT2D eigenvalue weighted by atomic mass is 16.6. The highest BCUT2D eigenvalue weighted by molar-refractivity contribution is 4.79. The summed E-state index contributed by atoms with van der Waals surface area (Å²) in [4.78, 5) is 4.58. The van der Waals surface area contributed by atoms with E-state index in [1.54, 1.807) is 0 Å². The molecule has 4 nitrogen and oxygen atoms in total. The van der Waals surface area contributed by atoms with Gasteiger partial charge in [0.25, 0.3) is 0 Å². The molecule has 2 saturated heterocycles. The van der Waals surface area contributed by atoms with Crippen LogP contribution < -0.4 is 0 Å².